The summed E-state index contributed by atoms with van der Waals surface area (Å²) in [6, 6.07) is 0. The molecule has 3 aliphatic rings. The Morgan fingerprint density at radius 3 is 2.53 bits per heavy atom. The third-order valence-corrected chi connectivity index (χ3v) is 5.61. The molecule has 0 spiro atoms. The Hall–Kier alpha value is -0.0800. The predicted molar refractivity (Wildman–Crippen MR) is 70.1 cm³/mol. The van der Waals surface area contributed by atoms with Crippen molar-refractivity contribution in [1.82, 2.24) is 5.32 Å². The van der Waals surface area contributed by atoms with Crippen molar-refractivity contribution in [2.24, 2.45) is 11.3 Å². The monoisotopic (exact) mass is 237 g/mol. The van der Waals surface area contributed by atoms with E-state index in [4.69, 9.17) is 4.74 Å². The Balaban J connectivity index is 1.59. The van der Waals surface area contributed by atoms with Gasteiger partial charge in [0.25, 0.3) is 0 Å². The molecule has 1 saturated heterocycles. The van der Waals surface area contributed by atoms with Crippen LogP contribution in [-0.2, 0) is 4.74 Å². The summed E-state index contributed by atoms with van der Waals surface area (Å²) in [4.78, 5) is 0. The van der Waals surface area contributed by atoms with E-state index in [1.807, 2.05) is 0 Å². The highest BCUT2D eigenvalue weighted by atomic mass is 16.5. The van der Waals surface area contributed by atoms with Gasteiger partial charge < -0.3 is 10.1 Å². The molecule has 0 aromatic heterocycles. The first kappa shape index (κ1) is 12.0. The van der Waals surface area contributed by atoms with E-state index in [0.29, 0.717) is 11.5 Å². The van der Waals surface area contributed by atoms with Crippen LogP contribution in [0.15, 0.2) is 0 Å². The van der Waals surface area contributed by atoms with Crippen LogP contribution in [0.3, 0.4) is 0 Å². The van der Waals surface area contributed by atoms with Gasteiger partial charge >= 0.3 is 0 Å². The minimum atomic E-state index is 0.0918. The number of hydrogen-bond donors (Lipinski definition) is 1. The van der Waals surface area contributed by atoms with E-state index in [0.717, 1.165) is 19.0 Å². The van der Waals surface area contributed by atoms with Crippen LogP contribution in [0.2, 0.25) is 0 Å². The Morgan fingerprint density at radius 2 is 1.88 bits per heavy atom. The van der Waals surface area contributed by atoms with Crippen LogP contribution in [-0.4, -0.2) is 24.8 Å². The van der Waals surface area contributed by atoms with Gasteiger partial charge in [0.2, 0.25) is 0 Å². The molecule has 3 rings (SSSR count). The van der Waals surface area contributed by atoms with Crippen molar-refractivity contribution < 1.29 is 4.74 Å². The van der Waals surface area contributed by atoms with Gasteiger partial charge in [-0.2, -0.15) is 0 Å². The van der Waals surface area contributed by atoms with Gasteiger partial charge in [-0.05, 0) is 37.5 Å². The number of rotatable bonds is 3. The minimum Gasteiger partial charge on any atom is -0.369 e. The fourth-order valence-electron chi connectivity index (χ4n) is 3.74. The Bertz CT molecular complexity index is 281. The summed E-state index contributed by atoms with van der Waals surface area (Å²) in [6.07, 6.45) is 10.2. The number of nitrogens with one attached hydrogen (secondary N) is 1. The number of hydrogen-bond acceptors (Lipinski definition) is 2. The fraction of sp³-hybridized carbons (Fsp3) is 1.00. The lowest BCUT2D eigenvalue weighted by Gasteiger charge is -2.44. The second-order valence-electron chi connectivity index (χ2n) is 7.05. The van der Waals surface area contributed by atoms with Crippen LogP contribution in [0, 0.1) is 11.3 Å². The average molecular weight is 237 g/mol. The topological polar surface area (TPSA) is 21.3 Å². The standard InChI is InChI=1S/C15H27NO/c1-14(7-8-14)15(2)11-16-10-13(17-15)9-12-5-3-4-6-12/h12-13,16H,3-11H2,1-2H3. The van der Waals surface area contributed by atoms with E-state index < -0.39 is 0 Å². The third-order valence-electron chi connectivity index (χ3n) is 5.61. The molecular weight excluding hydrogens is 210 g/mol. The maximum Gasteiger partial charge on any atom is 0.0835 e. The van der Waals surface area contributed by atoms with Gasteiger partial charge in [-0.25, -0.2) is 0 Å². The normalized spacial score (nSPS) is 41.6. The van der Waals surface area contributed by atoms with E-state index in [1.165, 1.54) is 44.9 Å². The van der Waals surface area contributed by atoms with Gasteiger partial charge in [-0.15, -0.1) is 0 Å². The summed E-state index contributed by atoms with van der Waals surface area (Å²) < 4.78 is 6.50. The number of ether oxygens (including phenoxy) is 1. The molecule has 17 heavy (non-hydrogen) atoms. The summed E-state index contributed by atoms with van der Waals surface area (Å²) in [5.41, 5.74) is 0.545. The van der Waals surface area contributed by atoms with Crippen LogP contribution in [0.5, 0.6) is 0 Å². The minimum absolute atomic E-state index is 0.0918. The molecule has 1 heterocycles. The van der Waals surface area contributed by atoms with Gasteiger partial charge in [-0.1, -0.05) is 32.6 Å². The Morgan fingerprint density at radius 1 is 1.18 bits per heavy atom. The third kappa shape index (κ3) is 2.26. The van der Waals surface area contributed by atoms with Gasteiger partial charge in [0.1, 0.15) is 0 Å². The van der Waals surface area contributed by atoms with E-state index >= 15 is 0 Å². The molecule has 1 N–H and O–H groups in total. The molecule has 0 bridgehead atoms. The van der Waals surface area contributed by atoms with Crippen LogP contribution in [0.1, 0.15) is 58.8 Å². The van der Waals surface area contributed by atoms with Crippen LogP contribution < -0.4 is 5.32 Å². The summed E-state index contributed by atoms with van der Waals surface area (Å²) in [5.74, 6) is 0.941. The zero-order valence-corrected chi connectivity index (χ0v) is 11.4. The van der Waals surface area contributed by atoms with Crippen molar-refractivity contribution in [3.05, 3.63) is 0 Å². The van der Waals surface area contributed by atoms with Crippen LogP contribution in [0.25, 0.3) is 0 Å². The molecule has 98 valence electrons. The van der Waals surface area contributed by atoms with Crippen molar-refractivity contribution in [2.45, 2.75) is 70.5 Å². The zero-order valence-electron chi connectivity index (χ0n) is 11.4. The van der Waals surface area contributed by atoms with Crippen molar-refractivity contribution >= 4 is 0 Å². The maximum atomic E-state index is 6.50. The molecule has 0 amide bonds. The molecule has 0 aromatic carbocycles. The van der Waals surface area contributed by atoms with Crippen molar-refractivity contribution in [1.29, 1.82) is 0 Å². The highest BCUT2D eigenvalue weighted by molar-refractivity contribution is 5.07. The maximum absolute atomic E-state index is 6.50. The second-order valence-corrected chi connectivity index (χ2v) is 7.05. The van der Waals surface area contributed by atoms with E-state index in [-0.39, 0.29) is 5.60 Å². The van der Waals surface area contributed by atoms with Crippen molar-refractivity contribution in [3.8, 4) is 0 Å². The fourth-order valence-corrected chi connectivity index (χ4v) is 3.74. The van der Waals surface area contributed by atoms with Gasteiger partial charge in [-0.3, -0.25) is 0 Å². The molecule has 0 radical (unpaired) electrons. The molecule has 2 unspecified atom stereocenters. The largest absolute Gasteiger partial charge is 0.369 e. The molecule has 3 fully saturated rings. The average Bonchev–Trinajstić information content (AvgIpc) is 2.87. The first-order chi connectivity index (χ1) is 8.11. The molecule has 1 aliphatic heterocycles. The lowest BCUT2D eigenvalue weighted by molar-refractivity contribution is -0.147. The predicted octanol–water partition coefficient (Wildman–Crippen LogP) is 3.11. The molecule has 2 aliphatic carbocycles. The lowest BCUT2D eigenvalue weighted by atomic mass is 9.85. The van der Waals surface area contributed by atoms with Gasteiger partial charge in [0.15, 0.2) is 0 Å². The Kier molecular flexibility index (Phi) is 2.99. The van der Waals surface area contributed by atoms with E-state index in [1.54, 1.807) is 0 Å². The van der Waals surface area contributed by atoms with Gasteiger partial charge in [0, 0.05) is 13.1 Å². The lowest BCUT2D eigenvalue weighted by Crippen LogP contribution is -2.56. The molecule has 0 aromatic rings. The molecular formula is C15H27NO. The molecule has 2 heteroatoms. The summed E-state index contributed by atoms with van der Waals surface area (Å²) in [6.45, 7) is 6.84. The molecule has 2 saturated carbocycles. The smallest absolute Gasteiger partial charge is 0.0835 e. The first-order valence-corrected chi connectivity index (χ1v) is 7.50. The summed E-state index contributed by atoms with van der Waals surface area (Å²) in [5, 5.41) is 3.62. The van der Waals surface area contributed by atoms with Gasteiger partial charge in [0.05, 0.1) is 11.7 Å². The second kappa shape index (κ2) is 4.24. The zero-order chi connectivity index (χ0) is 11.9. The summed E-state index contributed by atoms with van der Waals surface area (Å²) >= 11 is 0. The van der Waals surface area contributed by atoms with Crippen LogP contribution in [0.4, 0.5) is 0 Å². The highest BCUT2D eigenvalue weighted by Crippen LogP contribution is 2.56. The number of morpholine rings is 1. The molecule has 2 atom stereocenters. The quantitative estimate of drug-likeness (QED) is 0.814. The first-order valence-electron chi connectivity index (χ1n) is 7.50. The van der Waals surface area contributed by atoms with E-state index in [9.17, 15) is 0 Å². The SMILES string of the molecule is CC1(C2(C)CNCC(CC3CCCC3)O2)CC1. The van der Waals surface area contributed by atoms with Crippen molar-refractivity contribution in [3.63, 3.8) is 0 Å². The summed E-state index contributed by atoms with van der Waals surface area (Å²) in [7, 11) is 0. The highest BCUT2D eigenvalue weighted by Gasteiger charge is 2.55. The molecule has 2 nitrogen and oxygen atoms in total. The Labute approximate surface area is 105 Å². The van der Waals surface area contributed by atoms with E-state index in [2.05, 4.69) is 19.2 Å². The van der Waals surface area contributed by atoms with Crippen molar-refractivity contribution in [2.75, 3.05) is 13.1 Å². The van der Waals surface area contributed by atoms with Crippen LogP contribution >= 0.6 is 0 Å².